The summed E-state index contributed by atoms with van der Waals surface area (Å²) >= 11 is 0. The number of halogens is 2. The third-order valence-electron chi connectivity index (χ3n) is 3.91. The molecule has 1 atom stereocenters. The fourth-order valence-electron chi connectivity index (χ4n) is 2.60. The molecule has 2 amide bonds. The van der Waals surface area contributed by atoms with Crippen LogP contribution in [0.1, 0.15) is 23.2 Å². The fraction of sp³-hybridized carbons (Fsp3) is 0.500. The maximum Gasteiger partial charge on any atom is 0.251 e. The van der Waals surface area contributed by atoms with Crippen molar-refractivity contribution in [3.8, 4) is 0 Å². The van der Waals surface area contributed by atoms with Gasteiger partial charge in [-0.25, -0.2) is 4.39 Å². The van der Waals surface area contributed by atoms with Crippen LogP contribution in [0.5, 0.6) is 0 Å². The zero-order chi connectivity index (χ0) is 16.8. The molecule has 3 N–H and O–H groups in total. The second-order valence-corrected chi connectivity index (χ2v) is 5.64. The van der Waals surface area contributed by atoms with Gasteiger partial charge in [0.25, 0.3) is 5.91 Å². The number of benzene rings is 1. The van der Waals surface area contributed by atoms with E-state index in [0.717, 1.165) is 0 Å². The molecule has 1 fully saturated rings. The molecule has 0 spiro atoms. The lowest BCUT2D eigenvalue weighted by Crippen LogP contribution is -2.52. The Hall–Kier alpha value is -1.70. The Morgan fingerprint density at radius 2 is 1.92 bits per heavy atom. The third kappa shape index (κ3) is 5.43. The number of nitrogens with two attached hydrogens (primary N) is 1. The SMILES string of the molecule is COCC(N)C(=O)N1CCC(NC(=O)c2ccc(F)cc2)CC1.Cl. The van der Waals surface area contributed by atoms with Crippen molar-refractivity contribution in [2.75, 3.05) is 26.8 Å². The minimum absolute atomic E-state index is 0. The van der Waals surface area contributed by atoms with Gasteiger partial charge in [-0.3, -0.25) is 9.59 Å². The molecule has 1 unspecified atom stereocenters. The maximum absolute atomic E-state index is 12.9. The first kappa shape index (κ1) is 20.3. The molecule has 8 heteroatoms. The number of methoxy groups -OCH3 is 1. The van der Waals surface area contributed by atoms with Gasteiger partial charge in [-0.2, -0.15) is 0 Å². The smallest absolute Gasteiger partial charge is 0.251 e. The molecule has 1 aromatic rings. The number of carbonyl (C=O) groups is 2. The Bertz CT molecular complexity index is 548. The largest absolute Gasteiger partial charge is 0.383 e. The van der Waals surface area contributed by atoms with Gasteiger partial charge in [0.15, 0.2) is 0 Å². The topological polar surface area (TPSA) is 84.7 Å². The molecular formula is C16H23ClFN3O3. The molecular weight excluding hydrogens is 337 g/mol. The zero-order valence-corrected chi connectivity index (χ0v) is 14.4. The molecule has 1 aromatic carbocycles. The quantitative estimate of drug-likeness (QED) is 0.819. The minimum Gasteiger partial charge on any atom is -0.383 e. The number of carbonyl (C=O) groups excluding carboxylic acids is 2. The Kier molecular flexibility index (Phi) is 8.10. The van der Waals surface area contributed by atoms with Crippen molar-refractivity contribution in [2.45, 2.75) is 24.9 Å². The number of rotatable bonds is 5. The number of nitrogens with one attached hydrogen (secondary N) is 1. The molecule has 0 radical (unpaired) electrons. The Morgan fingerprint density at radius 1 is 1.33 bits per heavy atom. The number of amides is 2. The number of hydrogen-bond donors (Lipinski definition) is 2. The van der Waals surface area contributed by atoms with Gasteiger partial charge in [-0.05, 0) is 37.1 Å². The highest BCUT2D eigenvalue weighted by Crippen LogP contribution is 2.12. The highest BCUT2D eigenvalue weighted by Gasteiger charge is 2.27. The van der Waals surface area contributed by atoms with Crippen molar-refractivity contribution in [1.82, 2.24) is 10.2 Å². The summed E-state index contributed by atoms with van der Waals surface area (Å²) < 4.78 is 17.7. The average Bonchev–Trinajstić information content (AvgIpc) is 2.55. The van der Waals surface area contributed by atoms with Crippen LogP contribution in [0.25, 0.3) is 0 Å². The summed E-state index contributed by atoms with van der Waals surface area (Å²) in [6.45, 7) is 1.29. The van der Waals surface area contributed by atoms with Crippen LogP contribution in [-0.4, -0.2) is 55.6 Å². The summed E-state index contributed by atoms with van der Waals surface area (Å²) in [5, 5.41) is 2.91. The van der Waals surface area contributed by atoms with Crippen LogP contribution in [0.3, 0.4) is 0 Å². The molecule has 0 aromatic heterocycles. The van der Waals surface area contributed by atoms with E-state index >= 15 is 0 Å². The first-order valence-electron chi connectivity index (χ1n) is 7.61. The van der Waals surface area contributed by atoms with E-state index in [-0.39, 0.29) is 42.7 Å². The summed E-state index contributed by atoms with van der Waals surface area (Å²) in [6.07, 6.45) is 1.33. The highest BCUT2D eigenvalue weighted by molar-refractivity contribution is 5.94. The van der Waals surface area contributed by atoms with E-state index in [1.54, 1.807) is 4.90 Å². The average molecular weight is 360 g/mol. The standard InChI is InChI=1S/C16H22FN3O3.ClH/c1-23-10-14(18)16(22)20-8-6-13(7-9-20)19-15(21)11-2-4-12(17)5-3-11;/h2-5,13-14H,6-10,18H2,1H3,(H,19,21);1H. The zero-order valence-electron chi connectivity index (χ0n) is 13.5. The monoisotopic (exact) mass is 359 g/mol. The Labute approximate surface area is 146 Å². The van der Waals surface area contributed by atoms with E-state index in [1.807, 2.05) is 0 Å². The number of nitrogens with zero attached hydrogens (tertiary/aromatic N) is 1. The van der Waals surface area contributed by atoms with Gasteiger partial charge in [0.05, 0.1) is 6.61 Å². The van der Waals surface area contributed by atoms with Crippen molar-refractivity contribution < 1.29 is 18.7 Å². The number of likely N-dealkylation sites (tertiary alicyclic amines) is 1. The lowest BCUT2D eigenvalue weighted by atomic mass is 10.0. The van der Waals surface area contributed by atoms with Crippen molar-refractivity contribution >= 4 is 24.2 Å². The second kappa shape index (κ2) is 9.56. The van der Waals surface area contributed by atoms with E-state index in [1.165, 1.54) is 31.4 Å². The second-order valence-electron chi connectivity index (χ2n) is 5.64. The fourth-order valence-corrected chi connectivity index (χ4v) is 2.60. The van der Waals surface area contributed by atoms with Crippen molar-refractivity contribution in [1.29, 1.82) is 0 Å². The molecule has 134 valence electrons. The normalized spacial score (nSPS) is 16.2. The summed E-state index contributed by atoms with van der Waals surface area (Å²) in [5.74, 6) is -0.734. The molecule has 24 heavy (non-hydrogen) atoms. The maximum atomic E-state index is 12.9. The van der Waals surface area contributed by atoms with Crippen LogP contribution in [0.2, 0.25) is 0 Å². The summed E-state index contributed by atoms with van der Waals surface area (Å²) in [7, 11) is 1.50. The van der Waals surface area contributed by atoms with Crippen molar-refractivity contribution in [3.63, 3.8) is 0 Å². The van der Waals surface area contributed by atoms with Crippen LogP contribution < -0.4 is 11.1 Å². The van der Waals surface area contributed by atoms with E-state index in [4.69, 9.17) is 10.5 Å². The van der Waals surface area contributed by atoms with Crippen LogP contribution in [-0.2, 0) is 9.53 Å². The lowest BCUT2D eigenvalue weighted by molar-refractivity contribution is -0.134. The van der Waals surface area contributed by atoms with Gasteiger partial charge >= 0.3 is 0 Å². The van der Waals surface area contributed by atoms with Gasteiger partial charge in [0.1, 0.15) is 11.9 Å². The van der Waals surface area contributed by atoms with E-state index < -0.39 is 6.04 Å². The minimum atomic E-state index is -0.648. The molecule has 6 nitrogen and oxygen atoms in total. The number of piperidine rings is 1. The van der Waals surface area contributed by atoms with Crippen LogP contribution in [0.4, 0.5) is 4.39 Å². The lowest BCUT2D eigenvalue weighted by Gasteiger charge is -2.33. The molecule has 1 saturated heterocycles. The van der Waals surface area contributed by atoms with Gasteiger partial charge in [-0.1, -0.05) is 0 Å². The molecule has 1 aliphatic heterocycles. The molecule has 1 aliphatic rings. The van der Waals surface area contributed by atoms with E-state index in [2.05, 4.69) is 5.32 Å². The van der Waals surface area contributed by atoms with Gasteiger partial charge < -0.3 is 20.7 Å². The van der Waals surface area contributed by atoms with E-state index in [0.29, 0.717) is 31.5 Å². The summed E-state index contributed by atoms with van der Waals surface area (Å²) in [4.78, 5) is 25.8. The predicted molar refractivity (Wildman–Crippen MR) is 90.6 cm³/mol. The van der Waals surface area contributed by atoms with E-state index in [9.17, 15) is 14.0 Å². The van der Waals surface area contributed by atoms with Crippen LogP contribution in [0.15, 0.2) is 24.3 Å². The number of ether oxygens (including phenoxy) is 1. The van der Waals surface area contributed by atoms with Crippen LogP contribution >= 0.6 is 12.4 Å². The predicted octanol–water partition coefficient (Wildman–Crippen LogP) is 0.942. The van der Waals surface area contributed by atoms with Crippen LogP contribution in [0, 0.1) is 5.82 Å². The van der Waals surface area contributed by atoms with Crippen molar-refractivity contribution in [2.24, 2.45) is 5.73 Å². The molecule has 1 heterocycles. The van der Waals surface area contributed by atoms with Gasteiger partial charge in [-0.15, -0.1) is 12.4 Å². The first-order valence-corrected chi connectivity index (χ1v) is 7.61. The summed E-state index contributed by atoms with van der Waals surface area (Å²) in [6, 6.07) is 4.77. The molecule has 0 bridgehead atoms. The van der Waals surface area contributed by atoms with Gasteiger partial charge in [0, 0.05) is 31.8 Å². The molecule has 2 rings (SSSR count). The molecule has 0 aliphatic carbocycles. The number of hydrogen-bond acceptors (Lipinski definition) is 4. The Morgan fingerprint density at radius 3 is 2.46 bits per heavy atom. The van der Waals surface area contributed by atoms with Gasteiger partial charge in [0.2, 0.25) is 5.91 Å². The summed E-state index contributed by atoms with van der Waals surface area (Å²) in [5.41, 5.74) is 6.17. The first-order chi connectivity index (χ1) is 11.0. The highest BCUT2D eigenvalue weighted by atomic mass is 35.5. The molecule has 0 saturated carbocycles. The van der Waals surface area contributed by atoms with Crippen molar-refractivity contribution in [3.05, 3.63) is 35.6 Å². The Balaban J connectivity index is 0.00000288. The third-order valence-corrected chi connectivity index (χ3v) is 3.91.